The van der Waals surface area contributed by atoms with Gasteiger partial charge in [-0.25, -0.2) is 0 Å². The Balaban J connectivity index is 1.77. The van der Waals surface area contributed by atoms with Gasteiger partial charge in [0, 0.05) is 17.4 Å². The van der Waals surface area contributed by atoms with Crippen LogP contribution in [-0.4, -0.2) is 18.9 Å². The lowest BCUT2D eigenvalue weighted by Crippen LogP contribution is -2.53. The van der Waals surface area contributed by atoms with Gasteiger partial charge in [-0.2, -0.15) is 0 Å². The zero-order valence-electron chi connectivity index (χ0n) is 12.7. The smallest absolute Gasteiger partial charge is 0.240 e. The van der Waals surface area contributed by atoms with Crippen LogP contribution in [0.25, 0.3) is 0 Å². The first-order valence-electron chi connectivity index (χ1n) is 7.50. The number of methoxy groups -OCH3 is 1. The lowest BCUT2D eigenvalue weighted by Gasteiger charge is -2.39. The van der Waals surface area contributed by atoms with Crippen molar-refractivity contribution < 1.29 is 14.3 Å². The van der Waals surface area contributed by atoms with E-state index in [0.29, 0.717) is 24.3 Å². The van der Waals surface area contributed by atoms with Crippen molar-refractivity contribution in [3.63, 3.8) is 0 Å². The van der Waals surface area contributed by atoms with Crippen LogP contribution < -0.4 is 15.4 Å². The number of carbonyl (C=O) groups is 2. The van der Waals surface area contributed by atoms with Crippen LogP contribution in [0.15, 0.2) is 42.5 Å². The fourth-order valence-corrected chi connectivity index (χ4v) is 3.37. The van der Waals surface area contributed by atoms with Crippen molar-refractivity contribution in [1.82, 2.24) is 0 Å². The number of hydrogen-bond donors (Lipinski definition) is 2. The van der Waals surface area contributed by atoms with Crippen molar-refractivity contribution >= 4 is 23.2 Å². The highest BCUT2D eigenvalue weighted by atomic mass is 16.5. The molecule has 0 bridgehead atoms. The van der Waals surface area contributed by atoms with Gasteiger partial charge in [-0.1, -0.05) is 24.3 Å². The molecule has 0 aliphatic carbocycles. The van der Waals surface area contributed by atoms with Gasteiger partial charge in [0.1, 0.15) is 11.2 Å². The molecule has 2 amide bonds. The van der Waals surface area contributed by atoms with Crippen molar-refractivity contribution in [2.75, 3.05) is 17.7 Å². The second-order valence-electron chi connectivity index (χ2n) is 6.02. The number of amides is 2. The molecule has 0 saturated heterocycles. The van der Waals surface area contributed by atoms with Crippen molar-refractivity contribution in [3.8, 4) is 5.75 Å². The number of ether oxygens (including phenoxy) is 1. The molecule has 0 fully saturated rings. The molecule has 2 heterocycles. The van der Waals surface area contributed by atoms with Gasteiger partial charge in [0.2, 0.25) is 11.8 Å². The standard InChI is InChI=1S/C18H16N2O3/c1-23-13-7-6-12-10-18(17(22)20-15(12)8-13)9-11-4-2-3-5-14(11)19-16(18)21/h2-8H,9-10H2,1H3,(H,19,21)(H,20,22)/t18-/m0/s1. The first-order valence-corrected chi connectivity index (χ1v) is 7.50. The van der Waals surface area contributed by atoms with E-state index in [-0.39, 0.29) is 11.8 Å². The van der Waals surface area contributed by atoms with Gasteiger partial charge in [0.25, 0.3) is 0 Å². The Kier molecular flexibility index (Phi) is 2.91. The lowest BCUT2D eigenvalue weighted by atomic mass is 9.70. The number of rotatable bonds is 1. The third-order valence-electron chi connectivity index (χ3n) is 4.68. The van der Waals surface area contributed by atoms with Gasteiger partial charge in [0.05, 0.1) is 7.11 Å². The van der Waals surface area contributed by atoms with Crippen LogP contribution in [0.3, 0.4) is 0 Å². The van der Waals surface area contributed by atoms with Crippen LogP contribution in [0.2, 0.25) is 0 Å². The maximum atomic E-state index is 12.7. The predicted molar refractivity (Wildman–Crippen MR) is 86.5 cm³/mol. The summed E-state index contributed by atoms with van der Waals surface area (Å²) in [6, 6.07) is 13.1. The SMILES string of the molecule is COc1ccc2c(c1)NC(=O)[C@@]1(Cc3ccccc3NC1=O)C2. The Morgan fingerprint density at radius 1 is 0.913 bits per heavy atom. The largest absolute Gasteiger partial charge is 0.497 e. The molecule has 1 spiro atoms. The summed E-state index contributed by atoms with van der Waals surface area (Å²) in [5.74, 6) is 0.180. The molecular formula is C18H16N2O3. The summed E-state index contributed by atoms with van der Waals surface area (Å²) in [4.78, 5) is 25.4. The highest BCUT2D eigenvalue weighted by Crippen LogP contribution is 2.42. The maximum absolute atomic E-state index is 12.7. The van der Waals surface area contributed by atoms with Gasteiger partial charge >= 0.3 is 0 Å². The zero-order chi connectivity index (χ0) is 16.0. The normalized spacial score (nSPS) is 22.0. The van der Waals surface area contributed by atoms with Gasteiger partial charge in [-0.15, -0.1) is 0 Å². The second-order valence-corrected chi connectivity index (χ2v) is 6.02. The number of fused-ring (bicyclic) bond motifs is 2. The van der Waals surface area contributed by atoms with Crippen LogP contribution in [-0.2, 0) is 22.4 Å². The first-order chi connectivity index (χ1) is 11.1. The van der Waals surface area contributed by atoms with Crippen molar-refractivity contribution in [3.05, 3.63) is 53.6 Å². The Morgan fingerprint density at radius 2 is 1.57 bits per heavy atom. The molecule has 0 saturated carbocycles. The molecule has 116 valence electrons. The van der Waals surface area contributed by atoms with E-state index in [1.165, 1.54) is 0 Å². The van der Waals surface area contributed by atoms with Gasteiger partial charge < -0.3 is 15.4 Å². The van der Waals surface area contributed by atoms with Crippen molar-refractivity contribution in [1.29, 1.82) is 0 Å². The van der Waals surface area contributed by atoms with E-state index >= 15 is 0 Å². The minimum Gasteiger partial charge on any atom is -0.497 e. The molecule has 2 aliphatic rings. The predicted octanol–water partition coefficient (Wildman–Crippen LogP) is 2.37. The van der Waals surface area contributed by atoms with Crippen LogP contribution >= 0.6 is 0 Å². The Labute approximate surface area is 133 Å². The van der Waals surface area contributed by atoms with E-state index in [1.54, 1.807) is 13.2 Å². The summed E-state index contributed by atoms with van der Waals surface area (Å²) in [6.45, 7) is 0. The summed E-state index contributed by atoms with van der Waals surface area (Å²) < 4.78 is 5.19. The molecule has 0 radical (unpaired) electrons. The highest BCUT2D eigenvalue weighted by molar-refractivity contribution is 6.18. The molecule has 23 heavy (non-hydrogen) atoms. The number of anilines is 2. The van der Waals surface area contributed by atoms with Crippen LogP contribution in [0, 0.1) is 5.41 Å². The summed E-state index contributed by atoms with van der Waals surface area (Å²) >= 11 is 0. The molecule has 0 aromatic heterocycles. The maximum Gasteiger partial charge on any atom is 0.240 e. The van der Waals surface area contributed by atoms with E-state index in [0.717, 1.165) is 16.8 Å². The second kappa shape index (κ2) is 4.84. The lowest BCUT2D eigenvalue weighted by molar-refractivity contribution is -0.138. The van der Waals surface area contributed by atoms with E-state index < -0.39 is 5.41 Å². The van der Waals surface area contributed by atoms with E-state index in [4.69, 9.17) is 4.74 Å². The summed E-state index contributed by atoms with van der Waals surface area (Å²) in [6.07, 6.45) is 0.796. The summed E-state index contributed by atoms with van der Waals surface area (Å²) in [5, 5.41) is 5.76. The average molecular weight is 308 g/mol. The molecule has 2 aliphatic heterocycles. The van der Waals surface area contributed by atoms with Crippen LogP contribution in [0.1, 0.15) is 11.1 Å². The number of hydrogen-bond acceptors (Lipinski definition) is 3. The van der Waals surface area contributed by atoms with E-state index in [9.17, 15) is 9.59 Å². The summed E-state index contributed by atoms with van der Waals surface area (Å²) in [7, 11) is 1.58. The van der Waals surface area contributed by atoms with Crippen molar-refractivity contribution in [2.24, 2.45) is 5.41 Å². The number of nitrogens with one attached hydrogen (secondary N) is 2. The zero-order valence-corrected chi connectivity index (χ0v) is 12.7. The average Bonchev–Trinajstić information content (AvgIpc) is 2.56. The Bertz CT molecular complexity index is 831. The minimum absolute atomic E-state index is 0.241. The number of para-hydroxylation sites is 1. The summed E-state index contributed by atoms with van der Waals surface area (Å²) in [5.41, 5.74) is 2.35. The first kappa shape index (κ1) is 13.8. The molecule has 4 rings (SSSR count). The molecule has 2 N–H and O–H groups in total. The monoisotopic (exact) mass is 308 g/mol. The molecular weight excluding hydrogens is 292 g/mol. The fraction of sp³-hybridized carbons (Fsp3) is 0.222. The Hall–Kier alpha value is -2.82. The molecule has 5 heteroatoms. The van der Waals surface area contributed by atoms with Crippen LogP contribution in [0.4, 0.5) is 11.4 Å². The minimum atomic E-state index is -1.09. The van der Waals surface area contributed by atoms with E-state index in [1.807, 2.05) is 36.4 Å². The Morgan fingerprint density at radius 3 is 2.30 bits per heavy atom. The van der Waals surface area contributed by atoms with Gasteiger partial charge in [-0.3, -0.25) is 9.59 Å². The van der Waals surface area contributed by atoms with E-state index in [2.05, 4.69) is 10.6 Å². The highest BCUT2D eigenvalue weighted by Gasteiger charge is 2.51. The van der Waals surface area contributed by atoms with Crippen LogP contribution in [0.5, 0.6) is 5.75 Å². The molecule has 2 aromatic rings. The topological polar surface area (TPSA) is 67.4 Å². The van der Waals surface area contributed by atoms with Gasteiger partial charge in [0.15, 0.2) is 0 Å². The number of carbonyl (C=O) groups excluding carboxylic acids is 2. The van der Waals surface area contributed by atoms with Crippen molar-refractivity contribution in [2.45, 2.75) is 12.8 Å². The molecule has 1 atom stereocenters. The molecule has 0 unspecified atom stereocenters. The third-order valence-corrected chi connectivity index (χ3v) is 4.68. The fourth-order valence-electron chi connectivity index (χ4n) is 3.37. The molecule has 2 aromatic carbocycles. The molecule has 5 nitrogen and oxygen atoms in total. The van der Waals surface area contributed by atoms with Gasteiger partial charge in [-0.05, 0) is 36.1 Å². The quantitative estimate of drug-likeness (QED) is 0.795. The third kappa shape index (κ3) is 2.00. The number of benzene rings is 2.